The zero-order valence-electron chi connectivity index (χ0n) is 15.4. The zero-order valence-corrected chi connectivity index (χ0v) is 20.1. The van der Waals surface area contributed by atoms with Crippen LogP contribution in [0.5, 0.6) is 5.75 Å². The minimum atomic E-state index is -0.216. The number of thioether (sulfide) groups is 1. The number of hydrogen-bond donors (Lipinski definition) is 0. The number of carbonyl (C=O) groups excluding carboxylic acids is 1. The van der Waals surface area contributed by atoms with Gasteiger partial charge in [-0.25, -0.2) is 0 Å². The van der Waals surface area contributed by atoms with Crippen LogP contribution in [0.2, 0.25) is 15.1 Å². The zero-order chi connectivity index (χ0) is 21.3. The molecule has 1 amide bonds. The fourth-order valence-corrected chi connectivity index (χ4v) is 5.33. The van der Waals surface area contributed by atoms with Gasteiger partial charge < -0.3 is 4.74 Å². The summed E-state index contributed by atoms with van der Waals surface area (Å²) in [7, 11) is 0. The highest BCUT2D eigenvalue weighted by Crippen LogP contribution is 2.46. The number of hydrogen-bond acceptors (Lipinski definition) is 3. The van der Waals surface area contributed by atoms with E-state index < -0.39 is 0 Å². The van der Waals surface area contributed by atoms with Gasteiger partial charge in [-0.1, -0.05) is 56.8 Å². The maximum atomic E-state index is 12.7. The van der Waals surface area contributed by atoms with Crippen molar-refractivity contribution in [3.63, 3.8) is 0 Å². The first-order chi connectivity index (χ1) is 14.4. The van der Waals surface area contributed by atoms with Gasteiger partial charge in [0.25, 0.3) is 0 Å². The summed E-state index contributed by atoms with van der Waals surface area (Å²) < 4.78 is 7.04. The van der Waals surface area contributed by atoms with Crippen molar-refractivity contribution in [1.82, 2.24) is 0 Å². The molecule has 0 saturated carbocycles. The number of benzene rings is 3. The predicted molar refractivity (Wildman–Crippen MR) is 129 cm³/mol. The van der Waals surface area contributed by atoms with Crippen molar-refractivity contribution in [2.24, 2.45) is 0 Å². The molecule has 3 nitrogen and oxygen atoms in total. The van der Waals surface area contributed by atoms with E-state index in [1.807, 2.05) is 36.4 Å². The molecular weight excluding hydrogens is 529 g/mol. The van der Waals surface area contributed by atoms with E-state index in [-0.39, 0.29) is 17.9 Å². The molecule has 0 N–H and O–H groups in total. The molecule has 0 bridgehead atoms. The molecule has 0 aliphatic carbocycles. The molecule has 8 heteroatoms. The molecule has 0 aromatic heterocycles. The van der Waals surface area contributed by atoms with Gasteiger partial charge in [0.2, 0.25) is 5.91 Å². The minimum Gasteiger partial charge on any atom is -0.488 e. The molecule has 1 saturated heterocycles. The minimum absolute atomic E-state index is 0.0407. The van der Waals surface area contributed by atoms with Gasteiger partial charge in [0, 0.05) is 36.4 Å². The second kappa shape index (κ2) is 9.41. The largest absolute Gasteiger partial charge is 0.488 e. The van der Waals surface area contributed by atoms with Crippen molar-refractivity contribution < 1.29 is 9.53 Å². The quantitative estimate of drug-likeness (QED) is 0.329. The topological polar surface area (TPSA) is 29.5 Å². The molecule has 1 fully saturated rings. The number of carbonyl (C=O) groups is 1. The van der Waals surface area contributed by atoms with Gasteiger partial charge in [0.05, 0.1) is 5.75 Å². The van der Waals surface area contributed by atoms with E-state index in [0.717, 1.165) is 21.3 Å². The molecule has 4 rings (SSSR count). The van der Waals surface area contributed by atoms with E-state index in [1.165, 1.54) is 0 Å². The lowest BCUT2D eigenvalue weighted by Crippen LogP contribution is -2.28. The highest BCUT2D eigenvalue weighted by Gasteiger charge is 2.36. The Morgan fingerprint density at radius 1 is 1.00 bits per heavy atom. The first kappa shape index (κ1) is 21.8. The normalized spacial score (nSPS) is 16.2. The second-order valence-electron chi connectivity index (χ2n) is 6.61. The van der Waals surface area contributed by atoms with E-state index >= 15 is 0 Å². The molecule has 154 valence electrons. The third-order valence-electron chi connectivity index (χ3n) is 4.61. The first-order valence-corrected chi connectivity index (χ1v) is 12.0. The van der Waals surface area contributed by atoms with Crippen molar-refractivity contribution in [2.75, 3.05) is 10.7 Å². The highest BCUT2D eigenvalue weighted by atomic mass is 79.9. The van der Waals surface area contributed by atoms with Crippen molar-refractivity contribution in [1.29, 1.82) is 0 Å². The van der Waals surface area contributed by atoms with Crippen LogP contribution in [0.15, 0.2) is 65.1 Å². The lowest BCUT2D eigenvalue weighted by molar-refractivity contribution is -0.115. The predicted octanol–water partition coefficient (Wildman–Crippen LogP) is 7.77. The fourth-order valence-electron chi connectivity index (χ4n) is 3.17. The average molecular weight is 544 g/mol. The smallest absolute Gasteiger partial charge is 0.238 e. The number of amides is 1. The van der Waals surface area contributed by atoms with Crippen LogP contribution < -0.4 is 9.64 Å². The maximum absolute atomic E-state index is 12.7. The van der Waals surface area contributed by atoms with Crippen molar-refractivity contribution >= 4 is 74.1 Å². The first-order valence-electron chi connectivity index (χ1n) is 8.98. The number of halogens is 4. The van der Waals surface area contributed by atoms with Crippen LogP contribution in [-0.2, 0) is 11.4 Å². The van der Waals surface area contributed by atoms with Crippen LogP contribution in [0.3, 0.4) is 0 Å². The van der Waals surface area contributed by atoms with Gasteiger partial charge in [0.1, 0.15) is 17.7 Å². The van der Waals surface area contributed by atoms with Gasteiger partial charge in [-0.15, -0.1) is 11.8 Å². The summed E-state index contributed by atoms with van der Waals surface area (Å²) in [4.78, 5) is 14.5. The lowest BCUT2D eigenvalue weighted by atomic mass is 10.1. The highest BCUT2D eigenvalue weighted by molar-refractivity contribution is 9.10. The molecular formula is C22H15BrCl3NO2S. The Balaban J connectivity index is 1.65. The summed E-state index contributed by atoms with van der Waals surface area (Å²) in [6, 6.07) is 18.4. The average Bonchev–Trinajstić information content (AvgIpc) is 3.10. The van der Waals surface area contributed by atoms with Gasteiger partial charge in [-0.05, 0) is 54.6 Å². The Kier molecular flexibility index (Phi) is 6.85. The van der Waals surface area contributed by atoms with E-state index in [9.17, 15) is 4.79 Å². The van der Waals surface area contributed by atoms with E-state index in [2.05, 4.69) is 15.9 Å². The Labute approximate surface area is 202 Å². The summed E-state index contributed by atoms with van der Waals surface area (Å²) >= 11 is 23.4. The van der Waals surface area contributed by atoms with E-state index in [0.29, 0.717) is 26.6 Å². The Hall–Kier alpha value is -1.37. The molecule has 1 aliphatic heterocycles. The van der Waals surface area contributed by atoms with Gasteiger partial charge >= 0.3 is 0 Å². The summed E-state index contributed by atoms with van der Waals surface area (Å²) in [6.45, 7) is 0.289. The van der Waals surface area contributed by atoms with Crippen LogP contribution >= 0.6 is 62.5 Å². The van der Waals surface area contributed by atoms with Gasteiger partial charge in [-0.2, -0.15) is 0 Å². The van der Waals surface area contributed by atoms with E-state index in [4.69, 9.17) is 39.5 Å². The fraction of sp³-hybridized carbons (Fsp3) is 0.136. The summed E-state index contributed by atoms with van der Waals surface area (Å²) in [5, 5.41) is 1.54. The molecule has 3 aromatic rings. The molecule has 3 aromatic carbocycles. The molecule has 0 spiro atoms. The molecule has 1 aliphatic rings. The van der Waals surface area contributed by atoms with Gasteiger partial charge in [0.15, 0.2) is 0 Å². The summed E-state index contributed by atoms with van der Waals surface area (Å²) in [6.07, 6.45) is 0. The molecule has 0 radical (unpaired) electrons. The summed E-state index contributed by atoms with van der Waals surface area (Å²) in [5.74, 6) is 1.12. The van der Waals surface area contributed by atoms with Crippen LogP contribution in [0.4, 0.5) is 5.69 Å². The van der Waals surface area contributed by atoms with Crippen LogP contribution in [-0.4, -0.2) is 11.7 Å². The van der Waals surface area contributed by atoms with Crippen molar-refractivity contribution in [3.8, 4) is 5.75 Å². The summed E-state index contributed by atoms with van der Waals surface area (Å²) in [5.41, 5.74) is 2.53. The van der Waals surface area contributed by atoms with Crippen molar-refractivity contribution in [2.45, 2.75) is 12.0 Å². The van der Waals surface area contributed by atoms with Crippen LogP contribution in [0.1, 0.15) is 16.5 Å². The molecule has 1 atom stereocenters. The van der Waals surface area contributed by atoms with Gasteiger partial charge in [-0.3, -0.25) is 9.69 Å². The number of nitrogens with zero attached hydrogens (tertiary/aromatic N) is 1. The molecule has 0 unspecified atom stereocenters. The van der Waals surface area contributed by atoms with Crippen LogP contribution in [0.25, 0.3) is 0 Å². The maximum Gasteiger partial charge on any atom is 0.238 e. The van der Waals surface area contributed by atoms with E-state index in [1.54, 1.807) is 40.9 Å². The molecule has 30 heavy (non-hydrogen) atoms. The Bertz CT molecular complexity index is 1090. The third-order valence-corrected chi connectivity index (χ3v) is 7.14. The van der Waals surface area contributed by atoms with Crippen LogP contribution in [0, 0.1) is 0 Å². The number of rotatable bonds is 5. The second-order valence-corrected chi connectivity index (χ2v) is 9.87. The number of anilines is 1. The Morgan fingerprint density at radius 3 is 2.47 bits per heavy atom. The lowest BCUT2D eigenvalue weighted by Gasteiger charge is -2.26. The molecule has 1 heterocycles. The number of ether oxygens (including phenoxy) is 1. The third kappa shape index (κ3) is 4.76. The monoisotopic (exact) mass is 541 g/mol. The SMILES string of the molecule is O=C1CS[C@@H](c2cc(Br)ccc2OCc2ccc(Cl)cc2Cl)N1c1ccc(Cl)cc1. The Morgan fingerprint density at radius 2 is 1.73 bits per heavy atom. The van der Waals surface area contributed by atoms with Crippen molar-refractivity contribution in [3.05, 3.63) is 91.3 Å². The standard InChI is InChI=1S/C22H15BrCl3NO2S/c23-14-2-8-20(29-11-13-1-3-16(25)10-19(13)26)18(9-14)22-27(21(28)12-30-22)17-6-4-15(24)5-7-17/h1-10,22H,11-12H2/t22-/m0/s1.